The number of hydrogen-bond donors (Lipinski definition) is 3. The second-order valence-corrected chi connectivity index (χ2v) is 10.1. The Balaban J connectivity index is 2.02. The molecule has 0 aliphatic rings. The smallest absolute Gasteiger partial charge is 0.247 e. The van der Waals surface area contributed by atoms with Gasteiger partial charge in [0.2, 0.25) is 10.0 Å². The summed E-state index contributed by atoms with van der Waals surface area (Å²) < 4.78 is 22.8. The van der Waals surface area contributed by atoms with E-state index in [0.717, 1.165) is 29.3 Å². The van der Waals surface area contributed by atoms with Gasteiger partial charge in [-0.3, -0.25) is 0 Å². The van der Waals surface area contributed by atoms with Crippen molar-refractivity contribution in [1.29, 1.82) is 0 Å². The van der Waals surface area contributed by atoms with Crippen LogP contribution in [-0.4, -0.2) is 27.5 Å². The van der Waals surface area contributed by atoms with E-state index in [1.54, 1.807) is 17.4 Å². The van der Waals surface area contributed by atoms with Gasteiger partial charge in [0.05, 0.1) is 6.54 Å². The van der Waals surface area contributed by atoms with Crippen molar-refractivity contribution >= 4 is 38.7 Å². The van der Waals surface area contributed by atoms with E-state index in [4.69, 9.17) is 5.14 Å². The lowest BCUT2D eigenvalue weighted by Crippen LogP contribution is -2.43. The van der Waals surface area contributed by atoms with Crippen molar-refractivity contribution in [2.75, 3.05) is 13.1 Å². The van der Waals surface area contributed by atoms with Crippen molar-refractivity contribution in [3.05, 3.63) is 39.4 Å². The van der Waals surface area contributed by atoms with Gasteiger partial charge in [-0.15, -0.1) is 22.7 Å². The first-order valence-electron chi connectivity index (χ1n) is 7.90. The fourth-order valence-corrected chi connectivity index (χ4v) is 4.71. The number of sulfonamides is 1. The van der Waals surface area contributed by atoms with Gasteiger partial charge < -0.3 is 10.6 Å². The number of primary sulfonamides is 1. The number of hydrogen-bond acceptors (Lipinski definition) is 5. The van der Waals surface area contributed by atoms with Crippen molar-refractivity contribution in [3.63, 3.8) is 0 Å². The molecule has 0 fully saturated rings. The third-order valence-corrected chi connectivity index (χ3v) is 7.28. The SMILES string of the molecule is CCNC(=NCc1ccc(S(N)(=O)=O)s1)NCC(C)(C)c1cccs1. The Morgan fingerprint density at radius 3 is 2.60 bits per heavy atom. The van der Waals surface area contributed by atoms with Gasteiger partial charge in [-0.2, -0.15) is 0 Å². The van der Waals surface area contributed by atoms with Gasteiger partial charge in [-0.1, -0.05) is 19.9 Å². The van der Waals surface area contributed by atoms with Crippen LogP contribution in [0.2, 0.25) is 0 Å². The van der Waals surface area contributed by atoms with Crippen molar-refractivity contribution in [2.24, 2.45) is 10.1 Å². The van der Waals surface area contributed by atoms with Crippen LogP contribution in [0, 0.1) is 0 Å². The van der Waals surface area contributed by atoms with E-state index in [1.165, 1.54) is 10.9 Å². The van der Waals surface area contributed by atoms with E-state index in [0.29, 0.717) is 12.5 Å². The molecule has 138 valence electrons. The minimum Gasteiger partial charge on any atom is -0.357 e. The van der Waals surface area contributed by atoms with E-state index in [9.17, 15) is 8.42 Å². The molecule has 0 spiro atoms. The van der Waals surface area contributed by atoms with Crippen LogP contribution in [0.25, 0.3) is 0 Å². The fourth-order valence-electron chi connectivity index (χ4n) is 2.15. The summed E-state index contributed by atoms with van der Waals surface area (Å²) in [7, 11) is -3.65. The Kier molecular flexibility index (Phi) is 6.61. The van der Waals surface area contributed by atoms with Gasteiger partial charge in [0.25, 0.3) is 0 Å². The lowest BCUT2D eigenvalue weighted by Gasteiger charge is -2.25. The average Bonchev–Trinajstić information content (AvgIpc) is 3.20. The number of nitrogens with one attached hydrogen (secondary N) is 2. The number of nitrogens with two attached hydrogens (primary N) is 1. The molecule has 0 unspecified atom stereocenters. The van der Waals surface area contributed by atoms with Crippen LogP contribution in [0.1, 0.15) is 30.5 Å². The predicted octanol–water partition coefficient (Wildman–Crippen LogP) is 2.49. The maximum absolute atomic E-state index is 11.3. The summed E-state index contributed by atoms with van der Waals surface area (Å²) in [6.07, 6.45) is 0. The summed E-state index contributed by atoms with van der Waals surface area (Å²) in [5, 5.41) is 13.8. The first-order chi connectivity index (χ1) is 11.7. The van der Waals surface area contributed by atoms with Gasteiger partial charge in [-0.05, 0) is 30.5 Å². The second kappa shape index (κ2) is 8.31. The zero-order valence-electron chi connectivity index (χ0n) is 14.6. The highest BCUT2D eigenvalue weighted by Gasteiger charge is 2.22. The van der Waals surface area contributed by atoms with E-state index >= 15 is 0 Å². The maximum Gasteiger partial charge on any atom is 0.247 e. The second-order valence-electron chi connectivity index (χ2n) is 6.18. The summed E-state index contributed by atoms with van der Waals surface area (Å²) >= 11 is 2.89. The quantitative estimate of drug-likeness (QED) is 0.491. The summed E-state index contributed by atoms with van der Waals surface area (Å²) in [4.78, 5) is 6.69. The molecular weight excluding hydrogens is 376 g/mol. The normalized spacial score (nSPS) is 13.0. The van der Waals surface area contributed by atoms with Crippen molar-refractivity contribution in [3.8, 4) is 0 Å². The summed E-state index contributed by atoms with van der Waals surface area (Å²) in [6, 6.07) is 7.45. The molecule has 6 nitrogen and oxygen atoms in total. The van der Waals surface area contributed by atoms with E-state index in [2.05, 4.69) is 47.0 Å². The van der Waals surface area contributed by atoms with Crippen molar-refractivity contribution < 1.29 is 8.42 Å². The van der Waals surface area contributed by atoms with Crippen LogP contribution in [0.3, 0.4) is 0 Å². The van der Waals surface area contributed by atoms with Crippen LogP contribution >= 0.6 is 22.7 Å². The minimum atomic E-state index is -3.65. The Morgan fingerprint density at radius 1 is 1.28 bits per heavy atom. The molecule has 0 aromatic carbocycles. The Bertz CT molecular complexity index is 808. The van der Waals surface area contributed by atoms with Gasteiger partial charge >= 0.3 is 0 Å². The topological polar surface area (TPSA) is 96.6 Å². The van der Waals surface area contributed by atoms with Gasteiger partial charge in [0.15, 0.2) is 5.96 Å². The summed E-state index contributed by atoms with van der Waals surface area (Å²) in [5.41, 5.74) is -0.00587. The van der Waals surface area contributed by atoms with Crippen LogP contribution in [0.5, 0.6) is 0 Å². The zero-order chi connectivity index (χ0) is 18.5. The van der Waals surface area contributed by atoms with Crippen LogP contribution in [0.4, 0.5) is 0 Å². The zero-order valence-corrected chi connectivity index (χ0v) is 17.0. The highest BCUT2D eigenvalue weighted by atomic mass is 32.2. The van der Waals surface area contributed by atoms with Gasteiger partial charge in [0.1, 0.15) is 4.21 Å². The minimum absolute atomic E-state index is 0.00587. The molecule has 2 heterocycles. The lowest BCUT2D eigenvalue weighted by molar-refractivity contribution is 0.518. The molecule has 0 radical (unpaired) electrons. The Morgan fingerprint density at radius 2 is 2.04 bits per heavy atom. The number of nitrogens with zero attached hydrogens (tertiary/aromatic N) is 1. The van der Waals surface area contributed by atoms with Crippen LogP contribution < -0.4 is 15.8 Å². The van der Waals surface area contributed by atoms with Crippen molar-refractivity contribution in [1.82, 2.24) is 10.6 Å². The summed E-state index contributed by atoms with van der Waals surface area (Å²) in [6.45, 7) is 8.27. The van der Waals surface area contributed by atoms with Gasteiger partial charge in [0, 0.05) is 28.3 Å². The summed E-state index contributed by atoms with van der Waals surface area (Å²) in [5.74, 6) is 0.706. The standard InChI is InChI=1S/C16H24N4O2S3/c1-4-18-15(20-11-16(2,3)13-6-5-9-23-13)19-10-12-7-8-14(24-12)25(17,21)22/h5-9H,4,10-11H2,1-3H3,(H2,17,21,22)(H2,18,19,20). The number of aliphatic imine (C=N–C) groups is 1. The molecule has 2 aromatic heterocycles. The Labute approximate surface area is 157 Å². The van der Waals surface area contributed by atoms with Crippen molar-refractivity contribution in [2.45, 2.75) is 36.9 Å². The first kappa shape index (κ1) is 19.9. The molecule has 2 aromatic rings. The number of rotatable bonds is 7. The van der Waals surface area contributed by atoms with E-state index in [1.807, 2.05) is 6.92 Å². The maximum atomic E-state index is 11.3. The fraction of sp³-hybridized carbons (Fsp3) is 0.438. The number of guanidine groups is 1. The monoisotopic (exact) mass is 400 g/mol. The lowest BCUT2D eigenvalue weighted by atomic mass is 9.91. The highest BCUT2D eigenvalue weighted by Crippen LogP contribution is 2.26. The first-order valence-corrected chi connectivity index (χ1v) is 11.1. The molecular formula is C16H24N4O2S3. The van der Waals surface area contributed by atoms with E-state index < -0.39 is 10.0 Å². The highest BCUT2D eigenvalue weighted by molar-refractivity contribution is 7.91. The molecule has 0 aliphatic heterocycles. The Hall–Kier alpha value is -1.42. The molecule has 0 saturated heterocycles. The molecule has 2 rings (SSSR count). The molecule has 4 N–H and O–H groups in total. The molecule has 9 heteroatoms. The van der Waals surface area contributed by atoms with Gasteiger partial charge in [-0.25, -0.2) is 18.5 Å². The third kappa shape index (κ3) is 5.81. The third-order valence-electron chi connectivity index (χ3n) is 3.54. The predicted molar refractivity (Wildman–Crippen MR) is 106 cm³/mol. The molecule has 0 atom stereocenters. The largest absolute Gasteiger partial charge is 0.357 e. The average molecular weight is 401 g/mol. The van der Waals surface area contributed by atoms with Crippen LogP contribution in [-0.2, 0) is 22.0 Å². The molecule has 0 saturated carbocycles. The molecule has 0 amide bonds. The molecule has 25 heavy (non-hydrogen) atoms. The van der Waals surface area contributed by atoms with E-state index in [-0.39, 0.29) is 9.62 Å². The van der Waals surface area contributed by atoms with Crippen LogP contribution in [0.15, 0.2) is 38.8 Å². The number of thiophene rings is 2. The molecule has 0 aliphatic carbocycles. The molecule has 0 bridgehead atoms.